The molecule has 0 atom stereocenters. The topological polar surface area (TPSA) is 42.0 Å². The summed E-state index contributed by atoms with van der Waals surface area (Å²) in [6, 6.07) is 10.8. The van der Waals surface area contributed by atoms with Crippen LogP contribution in [-0.2, 0) is 4.79 Å². The molecule has 1 amide bonds. The minimum atomic E-state index is -2.12. The Balaban J connectivity index is 2.14. The van der Waals surface area contributed by atoms with Gasteiger partial charge < -0.3 is 5.32 Å². The van der Waals surface area contributed by atoms with Gasteiger partial charge in [0.25, 0.3) is 9.70 Å². The summed E-state index contributed by atoms with van der Waals surface area (Å²) >= 11 is 30.6. The zero-order valence-corrected chi connectivity index (χ0v) is 16.2. The van der Waals surface area contributed by atoms with E-state index in [1.54, 1.807) is 6.07 Å². The minimum absolute atomic E-state index is 0.222. The molecule has 2 aromatic carbocycles. The fourth-order valence-electron chi connectivity index (χ4n) is 2.04. The fourth-order valence-corrected chi connectivity index (χ4v) is 3.71. The Labute approximate surface area is 166 Å². The van der Waals surface area contributed by atoms with Gasteiger partial charge in [0, 0.05) is 10.6 Å². The third-order valence-corrected chi connectivity index (χ3v) is 5.18. The summed E-state index contributed by atoms with van der Waals surface area (Å²) in [7, 11) is 0. The van der Waals surface area contributed by atoms with Crippen LogP contribution in [-0.4, -0.2) is 14.7 Å². The highest BCUT2D eigenvalue weighted by molar-refractivity contribution is 7.21. The molecule has 0 saturated heterocycles. The molecular weight excluding hydrogens is 434 g/mol. The number of thiazole rings is 1. The van der Waals surface area contributed by atoms with Crippen molar-refractivity contribution >= 4 is 91.2 Å². The first-order chi connectivity index (χ1) is 11.3. The van der Waals surface area contributed by atoms with E-state index >= 15 is 0 Å². The van der Waals surface area contributed by atoms with Gasteiger partial charge in [-0.3, -0.25) is 4.79 Å². The van der Waals surface area contributed by atoms with Gasteiger partial charge in [-0.15, -0.1) is 11.3 Å². The van der Waals surface area contributed by atoms with E-state index in [-0.39, 0.29) is 10.7 Å². The van der Waals surface area contributed by atoms with E-state index in [0.29, 0.717) is 15.6 Å². The lowest BCUT2D eigenvalue weighted by Crippen LogP contribution is -2.27. The first-order valence-electron chi connectivity index (χ1n) is 6.49. The quantitative estimate of drug-likeness (QED) is 0.458. The molecule has 0 aliphatic heterocycles. The number of hydrogen-bond donors (Lipinski definition) is 1. The average molecular weight is 441 g/mol. The summed E-state index contributed by atoms with van der Waals surface area (Å²) in [6.07, 6.45) is 0. The highest BCUT2D eigenvalue weighted by atomic mass is 35.6. The number of para-hydroxylation sites is 1. The Morgan fingerprint density at radius 3 is 2.50 bits per heavy atom. The number of nitrogens with zero attached hydrogens (tertiary/aromatic N) is 1. The first kappa shape index (κ1) is 18.1. The molecule has 24 heavy (non-hydrogen) atoms. The number of alkyl halides is 3. The molecule has 0 radical (unpaired) electrons. The molecule has 0 aliphatic rings. The molecule has 3 aromatic rings. The Bertz CT molecular complexity index is 902. The highest BCUT2D eigenvalue weighted by Crippen LogP contribution is 2.41. The lowest BCUT2D eigenvalue weighted by Gasteiger charge is -2.15. The lowest BCUT2D eigenvalue weighted by molar-refractivity contribution is -0.115. The first-order valence-corrected chi connectivity index (χ1v) is 9.19. The van der Waals surface area contributed by atoms with Crippen LogP contribution in [0.5, 0.6) is 0 Å². The Kier molecular flexibility index (Phi) is 5.17. The van der Waals surface area contributed by atoms with Crippen LogP contribution < -0.4 is 5.32 Å². The zero-order valence-electron chi connectivity index (χ0n) is 11.6. The summed E-state index contributed by atoms with van der Waals surface area (Å²) in [4.78, 5) is 16.6. The van der Waals surface area contributed by atoms with Crippen molar-refractivity contribution in [3.8, 4) is 10.6 Å². The molecular formula is C15H7Cl5N2OS. The Morgan fingerprint density at radius 1 is 1.12 bits per heavy atom. The second-order valence-electron chi connectivity index (χ2n) is 4.75. The smallest absolute Gasteiger partial charge is 0.276 e. The Hall–Kier alpha value is -0.750. The van der Waals surface area contributed by atoms with Crippen molar-refractivity contribution in [2.24, 2.45) is 0 Å². The number of carbonyl (C=O) groups excluding carboxylic acids is 1. The van der Waals surface area contributed by atoms with Gasteiger partial charge in [0.05, 0.1) is 20.9 Å². The van der Waals surface area contributed by atoms with Gasteiger partial charge in [-0.05, 0) is 24.3 Å². The number of carbonyl (C=O) groups is 1. The predicted molar refractivity (Wildman–Crippen MR) is 104 cm³/mol. The van der Waals surface area contributed by atoms with Crippen molar-refractivity contribution in [2.75, 3.05) is 5.32 Å². The standard InChI is InChI=1S/C15H7Cl5N2OS/c16-7-5-8(13-21-10-3-1-2-4-11(10)24-13)12(9(17)6-7)22-14(23)15(18,19)20/h1-6H,(H,22,23). The second kappa shape index (κ2) is 6.87. The number of aromatic nitrogens is 1. The van der Waals surface area contributed by atoms with Crippen molar-refractivity contribution < 1.29 is 4.79 Å². The summed E-state index contributed by atoms with van der Waals surface area (Å²) in [6.45, 7) is 0. The van der Waals surface area contributed by atoms with E-state index in [0.717, 1.165) is 10.2 Å². The summed E-state index contributed by atoms with van der Waals surface area (Å²) in [5, 5.41) is 3.79. The van der Waals surface area contributed by atoms with E-state index < -0.39 is 9.70 Å². The van der Waals surface area contributed by atoms with Crippen LogP contribution in [0.2, 0.25) is 10.0 Å². The monoisotopic (exact) mass is 438 g/mol. The number of fused-ring (bicyclic) bond motifs is 1. The van der Waals surface area contributed by atoms with Crippen LogP contribution in [0, 0.1) is 0 Å². The summed E-state index contributed by atoms with van der Waals surface area (Å²) in [5.41, 5.74) is 1.67. The third-order valence-electron chi connectivity index (χ3n) is 3.08. The molecule has 124 valence electrons. The number of rotatable bonds is 2. The van der Waals surface area contributed by atoms with Crippen LogP contribution in [0.3, 0.4) is 0 Å². The summed E-state index contributed by atoms with van der Waals surface area (Å²) < 4.78 is -1.13. The van der Waals surface area contributed by atoms with Gasteiger partial charge in [0.15, 0.2) is 0 Å². The molecule has 1 N–H and O–H groups in total. The van der Waals surface area contributed by atoms with Crippen LogP contribution in [0.15, 0.2) is 36.4 Å². The molecule has 3 nitrogen and oxygen atoms in total. The van der Waals surface area contributed by atoms with Gasteiger partial charge in [0.1, 0.15) is 5.01 Å². The maximum Gasteiger partial charge on any atom is 0.276 e. The lowest BCUT2D eigenvalue weighted by atomic mass is 10.2. The molecule has 1 aromatic heterocycles. The second-order valence-corrected chi connectivity index (χ2v) is 8.90. The van der Waals surface area contributed by atoms with Crippen LogP contribution in [0.4, 0.5) is 5.69 Å². The average Bonchev–Trinajstić information content (AvgIpc) is 2.92. The molecule has 0 saturated carbocycles. The molecule has 0 spiro atoms. The number of anilines is 1. The van der Waals surface area contributed by atoms with Crippen molar-refractivity contribution in [1.82, 2.24) is 4.98 Å². The van der Waals surface area contributed by atoms with E-state index in [9.17, 15) is 4.79 Å². The van der Waals surface area contributed by atoms with E-state index in [1.165, 1.54) is 17.4 Å². The fraction of sp³-hybridized carbons (Fsp3) is 0.0667. The molecule has 9 heteroatoms. The largest absolute Gasteiger partial charge is 0.320 e. The van der Waals surface area contributed by atoms with Crippen molar-refractivity contribution in [3.63, 3.8) is 0 Å². The van der Waals surface area contributed by atoms with E-state index in [4.69, 9.17) is 58.0 Å². The van der Waals surface area contributed by atoms with Gasteiger partial charge >= 0.3 is 0 Å². The van der Waals surface area contributed by atoms with Crippen molar-refractivity contribution in [3.05, 3.63) is 46.4 Å². The van der Waals surface area contributed by atoms with Gasteiger partial charge in [-0.1, -0.05) is 70.1 Å². The van der Waals surface area contributed by atoms with Crippen LogP contribution >= 0.6 is 69.3 Å². The number of nitrogens with one attached hydrogen (secondary N) is 1. The van der Waals surface area contributed by atoms with Crippen LogP contribution in [0.1, 0.15) is 0 Å². The normalized spacial score (nSPS) is 11.7. The van der Waals surface area contributed by atoms with Gasteiger partial charge in [-0.2, -0.15) is 0 Å². The van der Waals surface area contributed by atoms with Gasteiger partial charge in [-0.25, -0.2) is 4.98 Å². The van der Waals surface area contributed by atoms with Crippen molar-refractivity contribution in [1.29, 1.82) is 0 Å². The van der Waals surface area contributed by atoms with E-state index in [2.05, 4.69) is 10.3 Å². The molecule has 0 bridgehead atoms. The molecule has 0 aliphatic carbocycles. The number of halogens is 5. The number of amides is 1. The maximum atomic E-state index is 12.0. The van der Waals surface area contributed by atoms with Crippen LogP contribution in [0.25, 0.3) is 20.8 Å². The molecule has 0 unspecified atom stereocenters. The predicted octanol–water partition coefficient (Wildman–Crippen LogP) is 6.58. The SMILES string of the molecule is O=C(Nc1c(Cl)cc(Cl)cc1-c1nc2ccccc2s1)C(Cl)(Cl)Cl. The third kappa shape index (κ3) is 3.74. The molecule has 1 heterocycles. The zero-order chi connectivity index (χ0) is 17.5. The number of hydrogen-bond acceptors (Lipinski definition) is 3. The van der Waals surface area contributed by atoms with Crippen molar-refractivity contribution in [2.45, 2.75) is 3.79 Å². The Morgan fingerprint density at radius 2 is 1.83 bits per heavy atom. The van der Waals surface area contributed by atoms with Gasteiger partial charge in [0.2, 0.25) is 0 Å². The molecule has 3 rings (SSSR count). The molecule has 0 fully saturated rings. The highest BCUT2D eigenvalue weighted by Gasteiger charge is 2.32. The summed E-state index contributed by atoms with van der Waals surface area (Å²) in [5.74, 6) is -0.820. The maximum absolute atomic E-state index is 12.0. The minimum Gasteiger partial charge on any atom is -0.320 e. The van der Waals surface area contributed by atoms with E-state index in [1.807, 2.05) is 24.3 Å². The number of benzene rings is 2.